The predicted octanol–water partition coefficient (Wildman–Crippen LogP) is 1.34. The molecule has 1 aromatic carbocycles. The van der Waals surface area contributed by atoms with E-state index in [2.05, 4.69) is 15.4 Å². The molecule has 1 aliphatic rings. The molecule has 30 heavy (non-hydrogen) atoms. The molecular weight excluding hydrogens is 404 g/mol. The Kier molecular flexibility index (Phi) is 7.76. The zero-order chi connectivity index (χ0) is 22.5. The van der Waals surface area contributed by atoms with Crippen LogP contribution in [-0.4, -0.2) is 50.8 Å². The zero-order valence-corrected chi connectivity index (χ0v) is 18.9. The highest BCUT2D eigenvalue weighted by molar-refractivity contribution is 7.89. The maximum Gasteiger partial charge on any atom is 0.270 e. The van der Waals surface area contributed by atoms with Gasteiger partial charge in [0.15, 0.2) is 0 Å². The lowest BCUT2D eigenvalue weighted by atomic mass is 9.85. The molecule has 0 bridgehead atoms. The van der Waals surface area contributed by atoms with Crippen molar-refractivity contribution in [2.75, 3.05) is 18.8 Å². The number of rotatable bonds is 10. The fourth-order valence-electron chi connectivity index (χ4n) is 2.90. The summed E-state index contributed by atoms with van der Waals surface area (Å²) in [5, 5.41) is 13.4. The molecule has 2 amide bonds. The van der Waals surface area contributed by atoms with Crippen molar-refractivity contribution in [1.82, 2.24) is 15.4 Å². The Morgan fingerprint density at radius 3 is 2.40 bits per heavy atom. The van der Waals surface area contributed by atoms with Crippen molar-refractivity contribution in [2.45, 2.75) is 46.6 Å². The molecule has 0 saturated heterocycles. The lowest BCUT2D eigenvalue weighted by Crippen LogP contribution is -2.55. The maximum atomic E-state index is 12.7. The predicted molar refractivity (Wildman–Crippen MR) is 117 cm³/mol. The first-order chi connectivity index (χ1) is 13.9. The first kappa shape index (κ1) is 24.0. The summed E-state index contributed by atoms with van der Waals surface area (Å²) < 4.78 is 26.6. The van der Waals surface area contributed by atoms with Crippen molar-refractivity contribution in [2.24, 2.45) is 11.3 Å². The van der Waals surface area contributed by atoms with Gasteiger partial charge in [-0.25, -0.2) is 13.1 Å². The molecule has 0 heterocycles. The highest BCUT2D eigenvalue weighted by Gasteiger charge is 2.34. The van der Waals surface area contributed by atoms with E-state index in [-0.39, 0.29) is 18.0 Å². The Morgan fingerprint density at radius 2 is 1.83 bits per heavy atom. The smallest absolute Gasteiger partial charge is 0.270 e. The van der Waals surface area contributed by atoms with Crippen molar-refractivity contribution >= 4 is 27.5 Å². The van der Waals surface area contributed by atoms with Gasteiger partial charge in [0.2, 0.25) is 15.9 Å². The Morgan fingerprint density at radius 1 is 1.20 bits per heavy atom. The molecular formula is C21H32N4O4S. The average Bonchev–Trinajstić information content (AvgIpc) is 3.47. The molecule has 0 radical (unpaired) electrons. The van der Waals surface area contributed by atoms with E-state index in [0.717, 1.165) is 18.4 Å². The molecule has 0 aliphatic heterocycles. The lowest BCUT2D eigenvalue weighted by molar-refractivity contribution is -0.129. The normalized spacial score (nSPS) is 15.3. The first-order valence-corrected chi connectivity index (χ1v) is 11.8. The molecule has 0 aromatic heterocycles. The minimum absolute atomic E-state index is 0.0590. The van der Waals surface area contributed by atoms with Crippen molar-refractivity contribution in [3.8, 4) is 0 Å². The van der Waals surface area contributed by atoms with Gasteiger partial charge in [-0.2, -0.15) is 0 Å². The van der Waals surface area contributed by atoms with Gasteiger partial charge in [0, 0.05) is 18.7 Å². The summed E-state index contributed by atoms with van der Waals surface area (Å²) in [5.41, 5.74) is 0.436. The molecule has 0 spiro atoms. The second-order valence-corrected chi connectivity index (χ2v) is 10.8. The number of carbonyl (C=O) groups excluding carboxylic acids is 2. The van der Waals surface area contributed by atoms with Crippen LogP contribution in [-0.2, 0) is 19.6 Å². The first-order valence-electron chi connectivity index (χ1n) is 10.1. The quantitative estimate of drug-likeness (QED) is 0.413. The van der Waals surface area contributed by atoms with E-state index in [9.17, 15) is 18.0 Å². The van der Waals surface area contributed by atoms with Crippen LogP contribution in [0.25, 0.3) is 0 Å². The summed E-state index contributed by atoms with van der Waals surface area (Å²) in [6.45, 7) is 7.58. The van der Waals surface area contributed by atoms with Crippen LogP contribution < -0.4 is 15.4 Å². The number of hydrogen-bond donors (Lipinski definition) is 4. The zero-order valence-electron chi connectivity index (χ0n) is 18.0. The SMILES string of the molecule is Cc1ccccc1C(=N)C(=O)NC(C(=O)NCCS(=O)(=O)NCC1CC1)C(C)(C)C. The lowest BCUT2D eigenvalue weighted by Gasteiger charge is -2.30. The summed E-state index contributed by atoms with van der Waals surface area (Å²) in [4.78, 5) is 25.3. The second-order valence-electron chi connectivity index (χ2n) is 8.86. The Hall–Kier alpha value is -2.26. The molecule has 1 aromatic rings. The number of benzene rings is 1. The number of aryl methyl sites for hydroxylation is 1. The van der Waals surface area contributed by atoms with E-state index in [1.54, 1.807) is 32.9 Å². The molecule has 4 N–H and O–H groups in total. The summed E-state index contributed by atoms with van der Waals surface area (Å²) in [6, 6.07) is 6.14. The van der Waals surface area contributed by atoms with Gasteiger partial charge in [-0.3, -0.25) is 15.0 Å². The van der Waals surface area contributed by atoms with Gasteiger partial charge in [-0.05, 0) is 36.7 Å². The molecule has 1 saturated carbocycles. The van der Waals surface area contributed by atoms with Crippen LogP contribution in [0, 0.1) is 23.7 Å². The number of hydrogen-bond acceptors (Lipinski definition) is 5. The Bertz CT molecular complexity index is 902. The summed E-state index contributed by atoms with van der Waals surface area (Å²) in [7, 11) is -3.46. The Labute approximate surface area is 178 Å². The van der Waals surface area contributed by atoms with Crippen LogP contribution in [0.2, 0.25) is 0 Å². The van der Waals surface area contributed by atoms with Crippen molar-refractivity contribution in [1.29, 1.82) is 5.41 Å². The third-order valence-corrected chi connectivity index (χ3v) is 6.35. The summed E-state index contributed by atoms with van der Waals surface area (Å²) in [6.07, 6.45) is 2.09. The maximum absolute atomic E-state index is 12.7. The van der Waals surface area contributed by atoms with Gasteiger partial charge in [0.1, 0.15) is 11.8 Å². The molecule has 1 aliphatic carbocycles. The average molecular weight is 437 g/mol. The second kappa shape index (κ2) is 9.70. The largest absolute Gasteiger partial charge is 0.353 e. The summed E-state index contributed by atoms with van der Waals surface area (Å²) in [5.74, 6) is -0.933. The van der Waals surface area contributed by atoms with Crippen molar-refractivity contribution in [3.63, 3.8) is 0 Å². The summed E-state index contributed by atoms with van der Waals surface area (Å²) >= 11 is 0. The van der Waals surface area contributed by atoms with Gasteiger partial charge >= 0.3 is 0 Å². The van der Waals surface area contributed by atoms with E-state index in [4.69, 9.17) is 5.41 Å². The van der Waals surface area contributed by atoms with Gasteiger partial charge in [0.25, 0.3) is 5.91 Å². The highest BCUT2D eigenvalue weighted by Crippen LogP contribution is 2.27. The van der Waals surface area contributed by atoms with Crippen LogP contribution in [0.15, 0.2) is 24.3 Å². The number of carbonyl (C=O) groups is 2. The topological polar surface area (TPSA) is 128 Å². The van der Waals surface area contributed by atoms with Gasteiger partial charge in [0.05, 0.1) is 5.75 Å². The van der Waals surface area contributed by atoms with Crippen LogP contribution in [0.3, 0.4) is 0 Å². The fraction of sp³-hybridized carbons (Fsp3) is 0.571. The molecule has 166 valence electrons. The number of nitrogens with one attached hydrogen (secondary N) is 4. The number of amides is 2. The van der Waals surface area contributed by atoms with Crippen LogP contribution in [0.1, 0.15) is 44.7 Å². The van der Waals surface area contributed by atoms with E-state index in [1.807, 2.05) is 19.1 Å². The van der Waals surface area contributed by atoms with Crippen LogP contribution >= 0.6 is 0 Å². The molecule has 2 rings (SSSR count). The molecule has 1 atom stereocenters. The van der Waals surface area contributed by atoms with Crippen LogP contribution in [0.4, 0.5) is 0 Å². The van der Waals surface area contributed by atoms with E-state index < -0.39 is 33.3 Å². The standard InChI is InChI=1S/C21H32N4O4S/c1-14-7-5-6-8-16(14)17(22)19(26)25-18(21(2,3)4)20(27)23-11-12-30(28,29)24-13-15-9-10-15/h5-8,15,18,22,24H,9-13H2,1-4H3,(H,23,27)(H,25,26). The van der Waals surface area contributed by atoms with E-state index >= 15 is 0 Å². The number of sulfonamides is 1. The molecule has 8 nitrogen and oxygen atoms in total. The molecule has 1 unspecified atom stereocenters. The van der Waals surface area contributed by atoms with Gasteiger partial charge in [-0.15, -0.1) is 0 Å². The third-order valence-electron chi connectivity index (χ3n) is 5.00. The fourth-order valence-corrected chi connectivity index (χ4v) is 3.91. The third kappa shape index (κ3) is 7.21. The highest BCUT2D eigenvalue weighted by atomic mass is 32.2. The van der Waals surface area contributed by atoms with Gasteiger partial charge < -0.3 is 10.6 Å². The minimum Gasteiger partial charge on any atom is -0.353 e. The van der Waals surface area contributed by atoms with Crippen molar-refractivity contribution in [3.05, 3.63) is 35.4 Å². The molecule has 1 fully saturated rings. The van der Waals surface area contributed by atoms with E-state index in [0.29, 0.717) is 18.0 Å². The monoisotopic (exact) mass is 436 g/mol. The van der Waals surface area contributed by atoms with E-state index in [1.165, 1.54) is 0 Å². The molecule has 9 heteroatoms. The minimum atomic E-state index is -3.46. The van der Waals surface area contributed by atoms with Crippen molar-refractivity contribution < 1.29 is 18.0 Å². The van der Waals surface area contributed by atoms with Crippen LogP contribution in [0.5, 0.6) is 0 Å². The van der Waals surface area contributed by atoms with Gasteiger partial charge in [-0.1, -0.05) is 45.0 Å². The Balaban J connectivity index is 1.95.